The molecule has 0 radical (unpaired) electrons. The van der Waals surface area contributed by atoms with Gasteiger partial charge in [0, 0.05) is 6.20 Å². The van der Waals surface area contributed by atoms with Crippen LogP contribution in [0.4, 0.5) is 0 Å². The van der Waals surface area contributed by atoms with Gasteiger partial charge in [-0.2, -0.15) is 0 Å². The highest BCUT2D eigenvalue weighted by molar-refractivity contribution is 5.16. The van der Waals surface area contributed by atoms with E-state index in [2.05, 4.69) is 4.98 Å². The minimum absolute atomic E-state index is 0.464. The summed E-state index contributed by atoms with van der Waals surface area (Å²) in [4.78, 5) is 4.01. The Morgan fingerprint density at radius 3 is 2.71 bits per heavy atom. The van der Waals surface area contributed by atoms with E-state index in [-0.39, 0.29) is 0 Å². The molecule has 1 aromatic rings. The molecule has 0 aliphatic heterocycles. The molecule has 2 unspecified atom stereocenters. The van der Waals surface area contributed by atoms with Crippen LogP contribution in [0.25, 0.3) is 0 Å². The van der Waals surface area contributed by atoms with Gasteiger partial charge in [-0.15, -0.1) is 0 Å². The summed E-state index contributed by atoms with van der Waals surface area (Å²) in [7, 11) is 0. The highest BCUT2D eigenvalue weighted by atomic mass is 16.3. The van der Waals surface area contributed by atoms with Crippen LogP contribution in [0.1, 0.15) is 19.5 Å². The van der Waals surface area contributed by atoms with Crippen molar-refractivity contribution in [1.82, 2.24) is 4.98 Å². The average Bonchev–Trinajstić information content (AvgIpc) is 2.19. The van der Waals surface area contributed by atoms with E-state index in [1.54, 1.807) is 44.3 Å². The second kappa shape index (κ2) is 4.35. The van der Waals surface area contributed by atoms with Crippen LogP contribution in [0.5, 0.6) is 0 Å². The van der Waals surface area contributed by atoms with Gasteiger partial charge in [0.05, 0.1) is 5.69 Å². The summed E-state index contributed by atoms with van der Waals surface area (Å²) in [6.07, 6.45) is 3.88. The van der Waals surface area contributed by atoms with Crippen molar-refractivity contribution in [3.63, 3.8) is 0 Å². The van der Waals surface area contributed by atoms with Gasteiger partial charge in [-0.25, -0.2) is 0 Å². The molecule has 0 aliphatic rings. The van der Waals surface area contributed by atoms with Crippen LogP contribution < -0.4 is 0 Å². The van der Waals surface area contributed by atoms with Gasteiger partial charge in [-0.05, 0) is 26.0 Å². The Labute approximate surface area is 83.7 Å². The van der Waals surface area contributed by atoms with Crippen molar-refractivity contribution in [1.29, 1.82) is 0 Å². The summed E-state index contributed by atoms with van der Waals surface area (Å²) in [5.74, 6) is 0. The summed E-state index contributed by atoms with van der Waals surface area (Å²) in [5, 5.41) is 19.7. The number of pyridine rings is 1. The Kier molecular flexibility index (Phi) is 3.38. The Morgan fingerprint density at radius 1 is 1.50 bits per heavy atom. The van der Waals surface area contributed by atoms with E-state index in [9.17, 15) is 10.2 Å². The summed E-state index contributed by atoms with van der Waals surface area (Å²) in [5.41, 5.74) is -0.876. The maximum Gasteiger partial charge on any atom is 0.133 e. The van der Waals surface area contributed by atoms with Crippen LogP contribution in [0.15, 0.2) is 36.5 Å². The molecule has 0 fully saturated rings. The third kappa shape index (κ3) is 2.19. The van der Waals surface area contributed by atoms with Gasteiger partial charge in [0.25, 0.3) is 0 Å². The molecule has 1 aromatic heterocycles. The van der Waals surface area contributed by atoms with Crippen LogP contribution in [0, 0.1) is 0 Å². The lowest BCUT2D eigenvalue weighted by Gasteiger charge is -2.26. The highest BCUT2D eigenvalue weighted by Crippen LogP contribution is 2.22. The number of hydrogen-bond acceptors (Lipinski definition) is 3. The van der Waals surface area contributed by atoms with Crippen molar-refractivity contribution < 1.29 is 10.2 Å². The van der Waals surface area contributed by atoms with Crippen LogP contribution in [-0.2, 0) is 5.60 Å². The van der Waals surface area contributed by atoms with E-state index >= 15 is 0 Å². The van der Waals surface area contributed by atoms with Gasteiger partial charge in [-0.3, -0.25) is 4.98 Å². The molecule has 1 rings (SSSR count). The van der Waals surface area contributed by atoms with Crippen LogP contribution in [-0.4, -0.2) is 21.3 Å². The maximum atomic E-state index is 10.0. The second-order valence-corrected chi connectivity index (χ2v) is 3.33. The third-order valence-corrected chi connectivity index (χ3v) is 2.13. The minimum Gasteiger partial charge on any atom is -0.386 e. The fourth-order valence-corrected chi connectivity index (χ4v) is 1.18. The predicted molar refractivity (Wildman–Crippen MR) is 54.6 cm³/mol. The first-order valence-corrected chi connectivity index (χ1v) is 4.53. The van der Waals surface area contributed by atoms with Gasteiger partial charge in [0.1, 0.15) is 11.7 Å². The molecule has 0 amide bonds. The number of aromatic nitrogens is 1. The molecule has 2 atom stereocenters. The number of allylic oxidation sites excluding steroid dienone is 1. The molecule has 1 heterocycles. The molecular weight excluding hydrogens is 178 g/mol. The van der Waals surface area contributed by atoms with E-state index in [1.165, 1.54) is 6.08 Å². The molecule has 0 saturated heterocycles. The first kappa shape index (κ1) is 10.9. The molecule has 3 heteroatoms. The van der Waals surface area contributed by atoms with Gasteiger partial charge >= 0.3 is 0 Å². The van der Waals surface area contributed by atoms with Crippen LogP contribution in [0.3, 0.4) is 0 Å². The maximum absolute atomic E-state index is 10.0. The lowest BCUT2D eigenvalue weighted by Crippen LogP contribution is -2.35. The second-order valence-electron chi connectivity index (χ2n) is 3.33. The summed E-state index contributed by atoms with van der Waals surface area (Å²) in [6, 6.07) is 5.23. The summed E-state index contributed by atoms with van der Waals surface area (Å²) in [6.45, 7) is 3.33. The number of aliphatic hydroxyl groups is 2. The highest BCUT2D eigenvalue weighted by Gasteiger charge is 2.31. The summed E-state index contributed by atoms with van der Waals surface area (Å²) >= 11 is 0. The number of aliphatic hydroxyl groups excluding tert-OH is 1. The molecule has 0 aromatic carbocycles. The molecule has 14 heavy (non-hydrogen) atoms. The Hall–Kier alpha value is -1.19. The molecule has 0 aliphatic carbocycles. The summed E-state index contributed by atoms with van der Waals surface area (Å²) < 4.78 is 0. The Balaban J connectivity index is 2.95. The zero-order chi connectivity index (χ0) is 10.6. The standard InChI is InChI=1S/C11H15NO2/c1-3-6-10(13)11(2,14)9-7-4-5-8-12-9/h3-8,10,13-14H,1-2H3/b6-3+. The fourth-order valence-electron chi connectivity index (χ4n) is 1.18. The zero-order valence-corrected chi connectivity index (χ0v) is 8.38. The van der Waals surface area contributed by atoms with Crippen LogP contribution in [0.2, 0.25) is 0 Å². The van der Waals surface area contributed by atoms with Crippen LogP contribution >= 0.6 is 0 Å². The first-order chi connectivity index (χ1) is 6.59. The monoisotopic (exact) mass is 193 g/mol. The van der Waals surface area contributed by atoms with E-state index < -0.39 is 11.7 Å². The normalized spacial score (nSPS) is 18.0. The SMILES string of the molecule is C/C=C/C(O)C(C)(O)c1ccccn1. The van der Waals surface area contributed by atoms with Crippen molar-refractivity contribution in [2.45, 2.75) is 25.6 Å². The van der Waals surface area contributed by atoms with E-state index in [4.69, 9.17) is 0 Å². The van der Waals surface area contributed by atoms with Gasteiger partial charge in [0.2, 0.25) is 0 Å². The largest absolute Gasteiger partial charge is 0.386 e. The van der Waals surface area contributed by atoms with Gasteiger partial charge in [-0.1, -0.05) is 18.2 Å². The van der Waals surface area contributed by atoms with Crippen molar-refractivity contribution in [3.05, 3.63) is 42.2 Å². The van der Waals surface area contributed by atoms with Crippen molar-refractivity contribution in [2.24, 2.45) is 0 Å². The number of hydrogen-bond donors (Lipinski definition) is 2. The molecule has 0 spiro atoms. The van der Waals surface area contributed by atoms with Gasteiger partial charge < -0.3 is 10.2 Å². The first-order valence-electron chi connectivity index (χ1n) is 4.53. The quantitative estimate of drug-likeness (QED) is 0.710. The van der Waals surface area contributed by atoms with Crippen molar-refractivity contribution in [3.8, 4) is 0 Å². The molecule has 76 valence electrons. The lowest BCUT2D eigenvalue weighted by atomic mass is 9.94. The van der Waals surface area contributed by atoms with Gasteiger partial charge in [0.15, 0.2) is 0 Å². The predicted octanol–water partition coefficient (Wildman–Crippen LogP) is 1.23. The molecule has 3 nitrogen and oxygen atoms in total. The molecule has 0 bridgehead atoms. The fraction of sp³-hybridized carbons (Fsp3) is 0.364. The zero-order valence-electron chi connectivity index (χ0n) is 8.38. The third-order valence-electron chi connectivity index (χ3n) is 2.13. The van der Waals surface area contributed by atoms with Crippen molar-refractivity contribution in [2.75, 3.05) is 0 Å². The lowest BCUT2D eigenvalue weighted by molar-refractivity contribution is -0.0456. The molecular formula is C11H15NO2. The molecule has 0 saturated carbocycles. The minimum atomic E-state index is -1.34. The number of nitrogens with zero attached hydrogens (tertiary/aromatic N) is 1. The van der Waals surface area contributed by atoms with E-state index in [0.717, 1.165) is 0 Å². The topological polar surface area (TPSA) is 53.4 Å². The Bertz CT molecular complexity index is 306. The number of rotatable bonds is 3. The smallest absolute Gasteiger partial charge is 0.133 e. The van der Waals surface area contributed by atoms with Crippen molar-refractivity contribution >= 4 is 0 Å². The average molecular weight is 193 g/mol. The van der Waals surface area contributed by atoms with E-state index in [1.807, 2.05) is 0 Å². The van der Waals surface area contributed by atoms with E-state index in [0.29, 0.717) is 5.69 Å². The Morgan fingerprint density at radius 2 is 2.21 bits per heavy atom. The molecule has 2 N–H and O–H groups in total.